The largest absolute Gasteiger partial charge is 0.467 e. The second-order valence-electron chi connectivity index (χ2n) is 9.78. The number of nitrogens with two attached hydrogens (primary N) is 1. The summed E-state index contributed by atoms with van der Waals surface area (Å²) in [7, 11) is 0. The standard InChI is InChI=1S/C24H23F5N6O3S/c1-22(17-7-23(17,39-21(30)34-22)20(37)35-5-4-12(25)10-35)14-6-13(2-3-15(14)26)33-19(36)16-8-32-18(9-31-16)38-11-24(27,28)29/h2-3,6,8-9,12,17H,4-5,7,10-11H2,1H3,(H2,30,34)(H,33,36)/t12?,17-,22+,23-/m0/s1. The first-order valence-electron chi connectivity index (χ1n) is 11.9. The number of thioether (sulfide) groups is 1. The lowest BCUT2D eigenvalue weighted by Crippen LogP contribution is -2.45. The number of hydrogen-bond donors (Lipinski definition) is 2. The number of aliphatic imine (C=N–C) groups is 1. The Bertz CT molecular complexity index is 1340. The Morgan fingerprint density at radius 3 is 2.69 bits per heavy atom. The number of fused-ring (bicyclic) bond motifs is 1. The molecule has 3 heterocycles. The fourth-order valence-corrected chi connectivity index (χ4v) is 6.52. The molecule has 0 bridgehead atoms. The van der Waals surface area contributed by atoms with E-state index in [1.165, 1.54) is 17.0 Å². The van der Waals surface area contributed by atoms with Crippen LogP contribution in [0.4, 0.5) is 27.6 Å². The SMILES string of the molecule is C[C@]1(c2cc(NC(=O)c3cnc(OCC(F)(F)F)cn3)ccc2F)N=C(N)S[C@@]2(C(=O)N3CCC(F)C3)C[C@H]21. The van der Waals surface area contributed by atoms with E-state index in [0.29, 0.717) is 13.0 Å². The number of aromatic nitrogens is 2. The van der Waals surface area contributed by atoms with Crippen molar-refractivity contribution in [3.63, 3.8) is 0 Å². The molecule has 1 aromatic carbocycles. The molecule has 1 saturated heterocycles. The summed E-state index contributed by atoms with van der Waals surface area (Å²) in [5, 5.41) is 2.65. The predicted molar refractivity (Wildman–Crippen MR) is 131 cm³/mol. The molecule has 0 radical (unpaired) electrons. The third kappa shape index (κ3) is 5.23. The maximum Gasteiger partial charge on any atom is 0.422 e. The number of benzene rings is 1. The van der Waals surface area contributed by atoms with Crippen LogP contribution in [0.1, 0.15) is 35.8 Å². The lowest BCUT2D eigenvalue weighted by molar-refractivity contribution is -0.154. The summed E-state index contributed by atoms with van der Waals surface area (Å²) in [6.07, 6.45) is -3.18. The van der Waals surface area contributed by atoms with Crippen LogP contribution in [-0.2, 0) is 10.3 Å². The number of nitrogens with zero attached hydrogens (tertiary/aromatic N) is 4. The summed E-state index contributed by atoms with van der Waals surface area (Å²) in [4.78, 5) is 39.4. The summed E-state index contributed by atoms with van der Waals surface area (Å²) >= 11 is 1.11. The highest BCUT2D eigenvalue weighted by molar-refractivity contribution is 8.15. The van der Waals surface area contributed by atoms with E-state index in [4.69, 9.17) is 5.73 Å². The van der Waals surface area contributed by atoms with E-state index in [1.54, 1.807) is 6.92 Å². The number of ether oxygens (including phenoxy) is 1. The number of amidine groups is 1. The van der Waals surface area contributed by atoms with Crippen molar-refractivity contribution in [2.24, 2.45) is 16.6 Å². The molecule has 1 aromatic heterocycles. The maximum atomic E-state index is 15.2. The zero-order chi connectivity index (χ0) is 28.2. The topological polar surface area (TPSA) is 123 Å². The van der Waals surface area contributed by atoms with E-state index in [-0.39, 0.29) is 41.0 Å². The van der Waals surface area contributed by atoms with Gasteiger partial charge in [0, 0.05) is 23.7 Å². The van der Waals surface area contributed by atoms with Gasteiger partial charge in [-0.05, 0) is 38.0 Å². The van der Waals surface area contributed by atoms with Gasteiger partial charge in [-0.3, -0.25) is 14.6 Å². The van der Waals surface area contributed by atoms with Gasteiger partial charge in [0.25, 0.3) is 5.91 Å². The zero-order valence-corrected chi connectivity index (χ0v) is 21.3. The van der Waals surface area contributed by atoms with Crippen LogP contribution in [0.15, 0.2) is 35.6 Å². The molecule has 3 N–H and O–H groups in total. The van der Waals surface area contributed by atoms with Crippen molar-refractivity contribution in [1.82, 2.24) is 14.9 Å². The third-order valence-electron chi connectivity index (χ3n) is 7.01. The maximum absolute atomic E-state index is 15.2. The van der Waals surface area contributed by atoms with Gasteiger partial charge in [-0.2, -0.15) is 13.2 Å². The van der Waals surface area contributed by atoms with E-state index in [9.17, 15) is 27.2 Å². The molecule has 208 valence electrons. The molecule has 1 unspecified atom stereocenters. The minimum Gasteiger partial charge on any atom is -0.467 e. The lowest BCUT2D eigenvalue weighted by Gasteiger charge is -2.35. The molecule has 9 nitrogen and oxygen atoms in total. The van der Waals surface area contributed by atoms with Crippen molar-refractivity contribution in [1.29, 1.82) is 0 Å². The predicted octanol–water partition coefficient (Wildman–Crippen LogP) is 3.41. The molecule has 4 atom stereocenters. The van der Waals surface area contributed by atoms with Crippen LogP contribution >= 0.6 is 11.8 Å². The van der Waals surface area contributed by atoms with Gasteiger partial charge >= 0.3 is 6.18 Å². The normalized spacial score (nSPS) is 27.9. The molecule has 5 rings (SSSR count). The molecule has 1 aliphatic carbocycles. The molecule has 1 saturated carbocycles. The van der Waals surface area contributed by atoms with Crippen molar-refractivity contribution >= 4 is 34.4 Å². The molecular formula is C24H23F5N6O3S. The number of likely N-dealkylation sites (tertiary alicyclic amines) is 1. The molecular weight excluding hydrogens is 547 g/mol. The minimum absolute atomic E-state index is 0.00975. The van der Waals surface area contributed by atoms with Crippen molar-refractivity contribution in [2.45, 2.75) is 42.4 Å². The Labute approximate surface area is 223 Å². The zero-order valence-electron chi connectivity index (χ0n) is 20.5. The summed E-state index contributed by atoms with van der Waals surface area (Å²) in [6, 6.07) is 3.84. The van der Waals surface area contributed by atoms with E-state index >= 15 is 4.39 Å². The van der Waals surface area contributed by atoms with Crippen molar-refractivity contribution < 1.29 is 36.3 Å². The Morgan fingerprint density at radius 1 is 1.28 bits per heavy atom. The average molecular weight is 571 g/mol. The Hall–Kier alpha value is -3.49. The first-order valence-corrected chi connectivity index (χ1v) is 12.7. The van der Waals surface area contributed by atoms with Crippen molar-refractivity contribution in [3.05, 3.63) is 47.7 Å². The van der Waals surface area contributed by atoms with E-state index in [2.05, 4.69) is 25.0 Å². The van der Waals surface area contributed by atoms with E-state index < -0.39 is 52.8 Å². The van der Waals surface area contributed by atoms with Gasteiger partial charge in [-0.1, -0.05) is 11.8 Å². The summed E-state index contributed by atoms with van der Waals surface area (Å²) in [5.74, 6) is -2.44. The van der Waals surface area contributed by atoms with Crippen LogP contribution in [0.3, 0.4) is 0 Å². The molecule has 3 aliphatic rings. The van der Waals surface area contributed by atoms with Crippen molar-refractivity contribution in [2.75, 3.05) is 25.0 Å². The van der Waals surface area contributed by atoms with Gasteiger partial charge in [-0.25, -0.2) is 18.7 Å². The molecule has 2 fully saturated rings. The molecule has 39 heavy (non-hydrogen) atoms. The lowest BCUT2D eigenvalue weighted by atomic mass is 9.85. The van der Waals surface area contributed by atoms with Gasteiger partial charge in [0.2, 0.25) is 11.8 Å². The fraction of sp³-hybridized carbons (Fsp3) is 0.458. The number of nitrogens with one attached hydrogen (secondary N) is 1. The van der Waals surface area contributed by atoms with Gasteiger partial charge < -0.3 is 20.7 Å². The molecule has 2 aliphatic heterocycles. The van der Waals surface area contributed by atoms with E-state index in [1.807, 2.05) is 0 Å². The highest BCUT2D eigenvalue weighted by atomic mass is 32.2. The Balaban J connectivity index is 1.34. The quantitative estimate of drug-likeness (QED) is 0.511. The highest BCUT2D eigenvalue weighted by Gasteiger charge is 2.71. The number of halogens is 5. The fourth-order valence-electron chi connectivity index (χ4n) is 5.07. The highest BCUT2D eigenvalue weighted by Crippen LogP contribution is 2.66. The molecule has 0 spiro atoms. The van der Waals surface area contributed by atoms with Crippen LogP contribution in [-0.4, -0.2) is 68.6 Å². The molecule has 2 aromatic rings. The number of rotatable bonds is 6. The Kier molecular flexibility index (Phi) is 6.67. The first kappa shape index (κ1) is 27.1. The number of hydrogen-bond acceptors (Lipinski definition) is 8. The summed E-state index contributed by atoms with van der Waals surface area (Å²) < 4.78 is 69.3. The van der Waals surface area contributed by atoms with E-state index in [0.717, 1.165) is 30.2 Å². The second-order valence-corrected chi connectivity index (χ2v) is 11.1. The average Bonchev–Trinajstić information content (AvgIpc) is 3.48. The number of carbonyl (C=O) groups is 2. The first-order chi connectivity index (χ1) is 18.3. The van der Waals surface area contributed by atoms with Gasteiger partial charge in [0.1, 0.15) is 22.4 Å². The molecule has 2 amide bonds. The number of amides is 2. The number of carbonyl (C=O) groups excluding carboxylic acids is 2. The number of alkyl halides is 4. The summed E-state index contributed by atoms with van der Waals surface area (Å²) in [5.41, 5.74) is 4.94. The number of anilines is 1. The monoisotopic (exact) mass is 570 g/mol. The minimum atomic E-state index is -4.56. The van der Waals surface area contributed by atoms with Crippen LogP contribution < -0.4 is 15.8 Å². The van der Waals surface area contributed by atoms with Crippen molar-refractivity contribution in [3.8, 4) is 5.88 Å². The molecule has 15 heteroatoms. The van der Waals surface area contributed by atoms with Gasteiger partial charge in [0.15, 0.2) is 11.8 Å². The van der Waals surface area contributed by atoms with Crippen LogP contribution in [0, 0.1) is 11.7 Å². The summed E-state index contributed by atoms with van der Waals surface area (Å²) in [6.45, 7) is 0.418. The smallest absolute Gasteiger partial charge is 0.422 e. The van der Waals surface area contributed by atoms with Crippen LogP contribution in [0.5, 0.6) is 5.88 Å². The van der Waals surface area contributed by atoms with Crippen LogP contribution in [0.25, 0.3) is 0 Å². The van der Waals surface area contributed by atoms with Gasteiger partial charge in [-0.15, -0.1) is 0 Å². The second kappa shape index (κ2) is 9.61. The Morgan fingerprint density at radius 2 is 2.05 bits per heavy atom. The van der Waals surface area contributed by atoms with Crippen LogP contribution in [0.2, 0.25) is 0 Å². The third-order valence-corrected chi connectivity index (χ3v) is 8.30. The van der Waals surface area contributed by atoms with Gasteiger partial charge in [0.05, 0.1) is 24.5 Å².